The summed E-state index contributed by atoms with van der Waals surface area (Å²) >= 11 is 0. The first kappa shape index (κ1) is 25.8. The second kappa shape index (κ2) is 13.2. The molecule has 3 heterocycles. The first-order chi connectivity index (χ1) is 17.9. The van der Waals surface area contributed by atoms with Crippen molar-refractivity contribution in [3.05, 3.63) is 152 Å². The van der Waals surface area contributed by atoms with E-state index in [1.165, 1.54) is 0 Å². The SMILES string of the molecule is [Ir+3].[c-]1ccccc1-c1cccc(-c2[c-]cccc2)n1.[c-]1ccccc1-c1cccc(-c2ccccn2)n1. The van der Waals surface area contributed by atoms with E-state index in [0.29, 0.717) is 0 Å². The maximum atomic E-state index is 4.65. The van der Waals surface area contributed by atoms with Crippen LogP contribution >= 0.6 is 0 Å². The molecule has 6 aromatic rings. The van der Waals surface area contributed by atoms with E-state index in [0.717, 1.165) is 45.2 Å². The van der Waals surface area contributed by atoms with Gasteiger partial charge in [0.2, 0.25) is 0 Å². The molecule has 0 saturated heterocycles. The van der Waals surface area contributed by atoms with Crippen LogP contribution in [0.4, 0.5) is 0 Å². The Morgan fingerprint density at radius 3 is 1.19 bits per heavy atom. The number of hydrogen-bond donors (Lipinski definition) is 0. The molecule has 0 bridgehead atoms. The molecule has 0 aliphatic rings. The predicted molar refractivity (Wildman–Crippen MR) is 145 cm³/mol. The molecular weight excluding hydrogens is 631 g/mol. The van der Waals surface area contributed by atoms with E-state index in [2.05, 4.69) is 33.2 Å². The van der Waals surface area contributed by atoms with E-state index in [1.807, 2.05) is 127 Å². The zero-order valence-electron chi connectivity index (χ0n) is 19.9. The van der Waals surface area contributed by atoms with Crippen molar-refractivity contribution in [3.8, 4) is 45.2 Å². The second-order valence-corrected chi connectivity index (χ2v) is 7.86. The third-order valence-corrected chi connectivity index (χ3v) is 5.38. The molecule has 0 saturated carbocycles. The minimum atomic E-state index is 0. The average Bonchev–Trinajstić information content (AvgIpc) is 2.99. The Morgan fingerprint density at radius 2 is 0.784 bits per heavy atom. The zero-order valence-corrected chi connectivity index (χ0v) is 22.3. The Bertz CT molecular complexity index is 1280. The second-order valence-electron chi connectivity index (χ2n) is 7.86. The van der Waals surface area contributed by atoms with Crippen LogP contribution in [0, 0.1) is 18.2 Å². The number of benzene rings is 3. The Labute approximate surface area is 231 Å². The van der Waals surface area contributed by atoms with Crippen LogP contribution in [0.5, 0.6) is 0 Å². The quantitative estimate of drug-likeness (QED) is 0.184. The molecule has 0 aliphatic heterocycles. The summed E-state index contributed by atoms with van der Waals surface area (Å²) in [5, 5.41) is 0. The van der Waals surface area contributed by atoms with Crippen LogP contribution < -0.4 is 0 Å². The minimum Gasteiger partial charge on any atom is -0.345 e. The molecule has 0 N–H and O–H groups in total. The molecule has 0 spiro atoms. The Hall–Kier alpha value is -4.24. The van der Waals surface area contributed by atoms with Crippen LogP contribution in [0.3, 0.4) is 0 Å². The van der Waals surface area contributed by atoms with Gasteiger partial charge >= 0.3 is 20.1 Å². The van der Waals surface area contributed by atoms with Gasteiger partial charge in [-0.15, -0.1) is 108 Å². The monoisotopic (exact) mass is 653 g/mol. The van der Waals surface area contributed by atoms with Crippen LogP contribution in [-0.2, 0) is 20.1 Å². The fourth-order valence-corrected chi connectivity index (χ4v) is 3.63. The van der Waals surface area contributed by atoms with Crippen LogP contribution in [0.25, 0.3) is 45.2 Å². The van der Waals surface area contributed by atoms with E-state index < -0.39 is 0 Å². The molecular formula is C33H22IrN3. The minimum absolute atomic E-state index is 0. The van der Waals surface area contributed by atoms with Crippen LogP contribution in [-0.4, -0.2) is 15.0 Å². The number of hydrogen-bond acceptors (Lipinski definition) is 3. The first-order valence-corrected chi connectivity index (χ1v) is 11.6. The summed E-state index contributed by atoms with van der Waals surface area (Å²) in [6.07, 6.45) is 1.78. The molecule has 3 aromatic heterocycles. The molecule has 4 heteroatoms. The maximum Gasteiger partial charge on any atom is 3.00 e. The van der Waals surface area contributed by atoms with Crippen molar-refractivity contribution in [2.75, 3.05) is 0 Å². The van der Waals surface area contributed by atoms with Gasteiger partial charge in [-0.3, -0.25) is 9.97 Å². The molecule has 0 radical (unpaired) electrons. The molecule has 3 nitrogen and oxygen atoms in total. The normalized spacial score (nSPS) is 9.95. The largest absolute Gasteiger partial charge is 3.00 e. The van der Waals surface area contributed by atoms with Gasteiger partial charge in [0.1, 0.15) is 0 Å². The van der Waals surface area contributed by atoms with Crippen molar-refractivity contribution in [1.29, 1.82) is 0 Å². The van der Waals surface area contributed by atoms with E-state index in [9.17, 15) is 0 Å². The summed E-state index contributed by atoms with van der Waals surface area (Å²) in [7, 11) is 0. The zero-order chi connectivity index (χ0) is 24.4. The first-order valence-electron chi connectivity index (χ1n) is 11.6. The fraction of sp³-hybridized carbons (Fsp3) is 0. The summed E-state index contributed by atoms with van der Waals surface area (Å²) in [5.74, 6) is 0. The summed E-state index contributed by atoms with van der Waals surface area (Å²) in [4.78, 5) is 13.6. The van der Waals surface area contributed by atoms with Gasteiger partial charge in [0, 0.05) is 6.20 Å². The molecule has 0 unspecified atom stereocenters. The van der Waals surface area contributed by atoms with Gasteiger partial charge in [0.15, 0.2) is 0 Å². The molecule has 0 amide bonds. The van der Waals surface area contributed by atoms with Crippen molar-refractivity contribution < 1.29 is 20.1 Å². The molecule has 3 aromatic carbocycles. The van der Waals surface area contributed by atoms with Crippen molar-refractivity contribution >= 4 is 0 Å². The summed E-state index contributed by atoms with van der Waals surface area (Å²) in [5.41, 5.74) is 7.57. The van der Waals surface area contributed by atoms with E-state index in [4.69, 9.17) is 0 Å². The van der Waals surface area contributed by atoms with Crippen molar-refractivity contribution in [2.24, 2.45) is 0 Å². The van der Waals surface area contributed by atoms with Gasteiger partial charge in [-0.25, -0.2) is 0 Å². The number of rotatable bonds is 4. The summed E-state index contributed by atoms with van der Waals surface area (Å²) in [6.45, 7) is 0. The van der Waals surface area contributed by atoms with Crippen LogP contribution in [0.2, 0.25) is 0 Å². The Kier molecular flexibility index (Phi) is 9.20. The van der Waals surface area contributed by atoms with Gasteiger partial charge in [0.05, 0.1) is 11.4 Å². The average molecular weight is 653 g/mol. The smallest absolute Gasteiger partial charge is 0.345 e. The van der Waals surface area contributed by atoms with Gasteiger partial charge in [-0.1, -0.05) is 36.4 Å². The summed E-state index contributed by atoms with van der Waals surface area (Å²) < 4.78 is 0. The molecule has 6 rings (SSSR count). The van der Waals surface area contributed by atoms with E-state index >= 15 is 0 Å². The van der Waals surface area contributed by atoms with Crippen molar-refractivity contribution in [3.63, 3.8) is 0 Å². The fourth-order valence-electron chi connectivity index (χ4n) is 3.63. The van der Waals surface area contributed by atoms with Gasteiger partial charge < -0.3 is 4.98 Å². The maximum absolute atomic E-state index is 4.65. The third kappa shape index (κ3) is 6.92. The number of aromatic nitrogens is 3. The molecule has 37 heavy (non-hydrogen) atoms. The van der Waals surface area contributed by atoms with Crippen LogP contribution in [0.15, 0.2) is 134 Å². The Morgan fingerprint density at radius 1 is 0.378 bits per heavy atom. The molecule has 0 aliphatic carbocycles. The van der Waals surface area contributed by atoms with Gasteiger partial charge in [0.25, 0.3) is 0 Å². The molecule has 178 valence electrons. The van der Waals surface area contributed by atoms with Gasteiger partial charge in [-0.2, -0.15) is 0 Å². The predicted octanol–water partition coefficient (Wildman–Crippen LogP) is 7.62. The standard InChI is InChI=1S/C17H11N.C16H11N2.Ir/c1-3-8-14(9-4-1)16-12-7-13-17(18-16)15-10-5-2-6-11-15;1-2-7-13(8-3-1)14-10-6-11-16(18-14)15-9-4-5-12-17-15;/h1-8,10,12-13H;1-7,9-12H;/q-2;-1;+3. The number of nitrogens with zero attached hydrogens (tertiary/aromatic N) is 3. The van der Waals surface area contributed by atoms with Crippen LogP contribution in [0.1, 0.15) is 0 Å². The van der Waals surface area contributed by atoms with E-state index in [-0.39, 0.29) is 20.1 Å². The number of pyridine rings is 3. The third-order valence-electron chi connectivity index (χ3n) is 5.38. The molecule has 0 fully saturated rings. The Balaban J connectivity index is 0.000000168. The molecule has 0 atom stereocenters. The van der Waals surface area contributed by atoms with E-state index in [1.54, 1.807) is 6.20 Å². The van der Waals surface area contributed by atoms with Crippen molar-refractivity contribution in [1.82, 2.24) is 15.0 Å². The van der Waals surface area contributed by atoms with Gasteiger partial charge in [-0.05, 0) is 35.3 Å². The van der Waals surface area contributed by atoms with Crippen molar-refractivity contribution in [2.45, 2.75) is 0 Å². The summed E-state index contributed by atoms with van der Waals surface area (Å²) in [6, 6.07) is 50.9. The topological polar surface area (TPSA) is 38.7 Å².